The number of aromatic nitrogens is 4. The molecule has 1 atom stereocenters. The molecular formula is C16H12F6N4O3. The minimum absolute atomic E-state index is 0.189. The Labute approximate surface area is 157 Å². The van der Waals surface area contributed by atoms with Gasteiger partial charge in [0.15, 0.2) is 5.65 Å². The van der Waals surface area contributed by atoms with E-state index in [1.165, 1.54) is 0 Å². The van der Waals surface area contributed by atoms with Crippen LogP contribution in [0.5, 0.6) is 6.01 Å². The van der Waals surface area contributed by atoms with Crippen LogP contribution >= 0.6 is 0 Å². The Morgan fingerprint density at radius 3 is 2.24 bits per heavy atom. The summed E-state index contributed by atoms with van der Waals surface area (Å²) in [5, 5.41) is 22.3. The smallest absolute Gasteiger partial charge is 0.416 e. The number of aliphatic hydroxyl groups excluding tert-OH is 1. The molecule has 0 radical (unpaired) electrons. The predicted molar refractivity (Wildman–Crippen MR) is 86.0 cm³/mol. The Bertz CT molecular complexity index is 1090. The first-order chi connectivity index (χ1) is 13.4. The average molecular weight is 422 g/mol. The molecule has 2 aromatic heterocycles. The maximum absolute atomic E-state index is 13.2. The third kappa shape index (κ3) is 4.18. The highest BCUT2D eigenvalue weighted by atomic mass is 19.4. The van der Waals surface area contributed by atoms with Gasteiger partial charge in [-0.3, -0.25) is 9.78 Å². The van der Waals surface area contributed by atoms with Gasteiger partial charge in [-0.15, -0.1) is 0 Å². The van der Waals surface area contributed by atoms with Crippen LogP contribution in [0, 0.1) is 0 Å². The summed E-state index contributed by atoms with van der Waals surface area (Å²) in [6, 6.07) is 0.362. The Balaban J connectivity index is 2.22. The number of aromatic amines is 1. The Hall–Kier alpha value is -3.09. The van der Waals surface area contributed by atoms with E-state index in [2.05, 4.69) is 10.1 Å². The Morgan fingerprint density at radius 1 is 1.10 bits per heavy atom. The lowest BCUT2D eigenvalue weighted by Gasteiger charge is -2.21. The molecule has 13 heteroatoms. The number of nitrogens with zero attached hydrogens (tertiary/aromatic N) is 3. The van der Waals surface area contributed by atoms with Crippen LogP contribution in [0.2, 0.25) is 0 Å². The molecule has 29 heavy (non-hydrogen) atoms. The van der Waals surface area contributed by atoms with E-state index in [-0.39, 0.29) is 16.6 Å². The van der Waals surface area contributed by atoms with Crippen molar-refractivity contribution in [2.75, 3.05) is 0 Å². The first kappa shape index (κ1) is 20.6. The topological polar surface area (TPSA) is 104 Å². The van der Waals surface area contributed by atoms with Gasteiger partial charge < -0.3 is 10.2 Å². The molecule has 0 unspecified atom stereocenters. The number of aliphatic hydroxyl groups is 1. The molecule has 1 aromatic carbocycles. The Kier molecular flexibility index (Phi) is 5.03. The fourth-order valence-corrected chi connectivity index (χ4v) is 2.89. The number of aromatic hydroxyl groups is 1. The zero-order valence-electron chi connectivity index (χ0n) is 14.2. The standard InChI is InChI=1S/C16H12F6N4O3/c17-15(18,19)5-10(7-1-3-8(4-2-7)16(20,21)22)26-12-11(9(6-27)25-26)13(28)24-14(29)23-12/h1-4,10,27H,5-6H2,(H2,23,24,28,29)/t10-/m1/s1. The van der Waals surface area contributed by atoms with Crippen molar-refractivity contribution in [3.63, 3.8) is 0 Å². The van der Waals surface area contributed by atoms with Crippen molar-refractivity contribution in [1.29, 1.82) is 0 Å². The van der Waals surface area contributed by atoms with Gasteiger partial charge in [-0.2, -0.15) is 36.4 Å². The van der Waals surface area contributed by atoms with Crippen molar-refractivity contribution >= 4 is 11.0 Å². The van der Waals surface area contributed by atoms with Crippen molar-refractivity contribution in [1.82, 2.24) is 19.7 Å². The largest absolute Gasteiger partial charge is 0.480 e. The summed E-state index contributed by atoms with van der Waals surface area (Å²) in [6.45, 7) is -0.815. The first-order valence-corrected chi connectivity index (χ1v) is 7.96. The van der Waals surface area contributed by atoms with Crippen LogP contribution in [-0.4, -0.2) is 36.1 Å². The van der Waals surface area contributed by atoms with Crippen molar-refractivity contribution in [3.8, 4) is 6.01 Å². The number of hydrogen-bond donors (Lipinski definition) is 3. The number of rotatable bonds is 4. The summed E-state index contributed by atoms with van der Waals surface area (Å²) in [5.41, 5.74) is -2.94. The molecule has 3 N–H and O–H groups in total. The van der Waals surface area contributed by atoms with Crippen molar-refractivity contribution in [2.45, 2.75) is 31.4 Å². The normalized spacial score (nSPS) is 13.8. The van der Waals surface area contributed by atoms with Crippen molar-refractivity contribution < 1.29 is 36.6 Å². The molecule has 2 heterocycles. The minimum atomic E-state index is -4.76. The third-order valence-electron chi connectivity index (χ3n) is 4.11. The van der Waals surface area contributed by atoms with Gasteiger partial charge in [0.05, 0.1) is 24.6 Å². The fraction of sp³-hybridized carbons (Fsp3) is 0.312. The van der Waals surface area contributed by atoms with Gasteiger partial charge in [0.2, 0.25) is 0 Å². The number of hydrogen-bond acceptors (Lipinski definition) is 5. The molecule has 3 rings (SSSR count). The molecule has 0 bridgehead atoms. The second-order valence-electron chi connectivity index (χ2n) is 6.09. The summed E-state index contributed by atoms with van der Waals surface area (Å²) in [4.78, 5) is 17.5. The monoisotopic (exact) mass is 422 g/mol. The van der Waals surface area contributed by atoms with E-state index in [1.54, 1.807) is 0 Å². The van der Waals surface area contributed by atoms with E-state index in [4.69, 9.17) is 0 Å². The number of fused-ring (bicyclic) bond motifs is 1. The SMILES string of the molecule is O=c1[nH]c(O)nc2c1c(CO)nn2[C@H](CC(F)(F)F)c1ccc(C(F)(F)F)cc1. The number of benzene rings is 1. The van der Waals surface area contributed by atoms with Crippen molar-refractivity contribution in [2.24, 2.45) is 0 Å². The number of halogens is 6. The molecule has 0 saturated heterocycles. The maximum atomic E-state index is 13.2. The molecule has 0 aliphatic rings. The number of nitrogens with one attached hydrogen (secondary N) is 1. The van der Waals surface area contributed by atoms with Gasteiger partial charge in [-0.1, -0.05) is 12.1 Å². The highest BCUT2D eigenvalue weighted by molar-refractivity contribution is 5.77. The quantitative estimate of drug-likeness (QED) is 0.561. The Morgan fingerprint density at radius 2 is 1.72 bits per heavy atom. The van der Waals surface area contributed by atoms with Gasteiger partial charge in [0.1, 0.15) is 11.1 Å². The maximum Gasteiger partial charge on any atom is 0.416 e. The van der Waals surface area contributed by atoms with Crippen LogP contribution in [0.4, 0.5) is 26.3 Å². The fourth-order valence-electron chi connectivity index (χ4n) is 2.89. The average Bonchev–Trinajstić information content (AvgIpc) is 2.97. The molecule has 0 aliphatic heterocycles. The molecule has 3 aromatic rings. The molecule has 0 saturated carbocycles. The number of H-pyrrole nitrogens is 1. The molecular weight excluding hydrogens is 410 g/mol. The van der Waals surface area contributed by atoms with Crippen LogP contribution in [0.1, 0.15) is 29.3 Å². The minimum Gasteiger partial charge on any atom is -0.480 e. The van der Waals surface area contributed by atoms with Gasteiger partial charge in [-0.05, 0) is 17.7 Å². The molecule has 0 amide bonds. The van der Waals surface area contributed by atoms with E-state index in [0.29, 0.717) is 16.8 Å². The molecule has 0 aliphatic carbocycles. The lowest BCUT2D eigenvalue weighted by molar-refractivity contribution is -0.141. The lowest BCUT2D eigenvalue weighted by atomic mass is 10.0. The van der Waals surface area contributed by atoms with E-state index in [9.17, 15) is 41.4 Å². The molecule has 0 spiro atoms. The van der Waals surface area contributed by atoms with E-state index < -0.39 is 54.2 Å². The van der Waals surface area contributed by atoms with Gasteiger partial charge in [0, 0.05) is 0 Å². The summed E-state index contributed by atoms with van der Waals surface area (Å²) in [6.07, 6.45) is -11.0. The summed E-state index contributed by atoms with van der Waals surface area (Å²) < 4.78 is 78.5. The highest BCUT2D eigenvalue weighted by Gasteiger charge is 2.36. The van der Waals surface area contributed by atoms with Crippen LogP contribution in [0.15, 0.2) is 29.1 Å². The molecule has 156 valence electrons. The van der Waals surface area contributed by atoms with Crippen LogP contribution in [0.25, 0.3) is 11.0 Å². The van der Waals surface area contributed by atoms with Crippen LogP contribution in [-0.2, 0) is 12.8 Å². The lowest BCUT2D eigenvalue weighted by Crippen LogP contribution is -2.22. The number of alkyl halides is 6. The van der Waals surface area contributed by atoms with Gasteiger partial charge >= 0.3 is 12.4 Å². The zero-order chi connectivity index (χ0) is 21.6. The molecule has 7 nitrogen and oxygen atoms in total. The van der Waals surface area contributed by atoms with Crippen LogP contribution in [0.3, 0.4) is 0 Å². The van der Waals surface area contributed by atoms with Gasteiger partial charge in [-0.25, -0.2) is 4.68 Å². The molecule has 0 fully saturated rings. The highest BCUT2D eigenvalue weighted by Crippen LogP contribution is 2.36. The summed E-state index contributed by atoms with van der Waals surface area (Å²) in [7, 11) is 0. The van der Waals surface area contributed by atoms with E-state index >= 15 is 0 Å². The first-order valence-electron chi connectivity index (χ1n) is 7.96. The predicted octanol–water partition coefficient (Wildman–Crippen LogP) is 2.88. The second kappa shape index (κ2) is 7.06. The summed E-state index contributed by atoms with van der Waals surface area (Å²) >= 11 is 0. The van der Waals surface area contributed by atoms with E-state index in [1.807, 2.05) is 4.98 Å². The summed E-state index contributed by atoms with van der Waals surface area (Å²) in [5.74, 6) is 0. The van der Waals surface area contributed by atoms with Crippen LogP contribution < -0.4 is 5.56 Å². The zero-order valence-corrected chi connectivity index (χ0v) is 14.2. The van der Waals surface area contributed by atoms with Gasteiger partial charge in [0.25, 0.3) is 11.6 Å². The second-order valence-corrected chi connectivity index (χ2v) is 6.09. The third-order valence-corrected chi connectivity index (χ3v) is 4.11. The van der Waals surface area contributed by atoms with Crippen molar-refractivity contribution in [3.05, 3.63) is 51.4 Å². The van der Waals surface area contributed by atoms with E-state index in [0.717, 1.165) is 12.1 Å².